The van der Waals surface area contributed by atoms with Gasteiger partial charge in [0.2, 0.25) is 5.95 Å². The summed E-state index contributed by atoms with van der Waals surface area (Å²) < 4.78 is 6.01. The van der Waals surface area contributed by atoms with Crippen molar-refractivity contribution < 1.29 is 4.74 Å². The van der Waals surface area contributed by atoms with E-state index < -0.39 is 0 Å². The van der Waals surface area contributed by atoms with Crippen LogP contribution in [0.4, 0.5) is 17.5 Å². The quantitative estimate of drug-likeness (QED) is 0.355. The third-order valence-corrected chi connectivity index (χ3v) is 7.02. The van der Waals surface area contributed by atoms with Crippen molar-refractivity contribution in [2.24, 2.45) is 17.6 Å². The second-order valence-electron chi connectivity index (χ2n) is 9.23. The molecule has 4 heterocycles. The topological polar surface area (TPSA) is 130 Å². The zero-order valence-corrected chi connectivity index (χ0v) is 18.2. The summed E-state index contributed by atoms with van der Waals surface area (Å²) in [7, 11) is 1.92. The van der Waals surface area contributed by atoms with Crippen molar-refractivity contribution >= 4 is 39.4 Å². The van der Waals surface area contributed by atoms with Crippen LogP contribution in [0.25, 0.3) is 21.9 Å². The lowest BCUT2D eigenvalue weighted by molar-refractivity contribution is 0.439. The summed E-state index contributed by atoms with van der Waals surface area (Å²) in [5.41, 5.74) is 8.95. The molecule has 1 aliphatic heterocycles. The van der Waals surface area contributed by atoms with Gasteiger partial charge in [0, 0.05) is 37.6 Å². The standard InChI is InChI=1S/C23H25N9O/c1-25-16-4-2-3-13-17-20(29-19(13)16)30-23(31-21(17)32-9-14-15(10-32)18(14)24)33-12-7-26-22(27-8-12)28-11-5-6-11/h2-4,7-8,11,14-15,18,25H,5-6,9-10,24H2,1H3,(H,26,27,28)(H,29,30,31). The zero-order valence-electron chi connectivity index (χ0n) is 18.2. The van der Waals surface area contributed by atoms with E-state index in [1.165, 1.54) is 12.8 Å². The third-order valence-electron chi connectivity index (χ3n) is 7.02. The number of para-hydroxylation sites is 1. The van der Waals surface area contributed by atoms with Gasteiger partial charge in [-0.05, 0) is 30.7 Å². The van der Waals surface area contributed by atoms with Gasteiger partial charge in [0.1, 0.15) is 11.5 Å². The normalized spacial score (nSPS) is 23.7. The minimum atomic E-state index is 0.270. The summed E-state index contributed by atoms with van der Waals surface area (Å²) in [6.07, 6.45) is 5.64. The molecule has 7 rings (SSSR count). The number of hydrogen-bond donors (Lipinski definition) is 4. The third kappa shape index (κ3) is 3.12. The van der Waals surface area contributed by atoms with Crippen LogP contribution in [-0.4, -0.2) is 57.1 Å². The number of nitrogens with zero attached hydrogens (tertiary/aromatic N) is 5. The molecule has 1 aromatic carbocycles. The highest BCUT2D eigenvalue weighted by Crippen LogP contribution is 2.47. The van der Waals surface area contributed by atoms with E-state index in [4.69, 9.17) is 20.4 Å². The second kappa shape index (κ2) is 6.92. The molecule has 2 unspecified atom stereocenters. The fraction of sp³-hybridized carbons (Fsp3) is 0.391. The van der Waals surface area contributed by atoms with Gasteiger partial charge in [0.05, 0.1) is 29.0 Å². The summed E-state index contributed by atoms with van der Waals surface area (Å²) in [6.45, 7) is 1.81. The number of benzene rings is 1. The molecule has 5 N–H and O–H groups in total. The number of fused-ring (bicyclic) bond motifs is 4. The molecule has 10 nitrogen and oxygen atoms in total. The SMILES string of the molecule is CNc1cccc2c1[nH]c1nc(Oc3cnc(NC4CC4)nc3)nc(N3CC4C(N)C4C3)c12. The number of piperidine rings is 1. The molecule has 2 atom stereocenters. The van der Waals surface area contributed by atoms with E-state index >= 15 is 0 Å². The molecule has 4 aromatic rings. The Labute approximate surface area is 190 Å². The first-order valence-electron chi connectivity index (χ1n) is 11.4. The van der Waals surface area contributed by atoms with E-state index in [-0.39, 0.29) is 6.01 Å². The zero-order chi connectivity index (χ0) is 22.1. The Balaban J connectivity index is 1.29. The van der Waals surface area contributed by atoms with Gasteiger partial charge in [-0.15, -0.1) is 0 Å². The van der Waals surface area contributed by atoms with Crippen LogP contribution in [0.2, 0.25) is 0 Å². The van der Waals surface area contributed by atoms with Crippen LogP contribution in [0.1, 0.15) is 12.8 Å². The first-order valence-corrected chi connectivity index (χ1v) is 11.4. The minimum Gasteiger partial charge on any atom is -0.421 e. The van der Waals surface area contributed by atoms with Crippen molar-refractivity contribution in [2.75, 3.05) is 35.7 Å². The monoisotopic (exact) mass is 443 g/mol. The molecule has 2 aliphatic carbocycles. The van der Waals surface area contributed by atoms with Crippen molar-refractivity contribution in [1.29, 1.82) is 0 Å². The summed E-state index contributed by atoms with van der Waals surface area (Å²) in [6, 6.07) is 7.26. The van der Waals surface area contributed by atoms with Crippen LogP contribution in [0.5, 0.6) is 11.8 Å². The van der Waals surface area contributed by atoms with E-state index in [0.29, 0.717) is 35.6 Å². The van der Waals surface area contributed by atoms with Gasteiger partial charge >= 0.3 is 6.01 Å². The highest BCUT2D eigenvalue weighted by atomic mass is 16.5. The average molecular weight is 444 g/mol. The molecule has 0 spiro atoms. The molecular formula is C23H25N9O. The predicted octanol–water partition coefficient (Wildman–Crippen LogP) is 2.70. The van der Waals surface area contributed by atoms with E-state index in [9.17, 15) is 0 Å². The summed E-state index contributed by atoms with van der Waals surface area (Å²) in [5, 5.41) is 8.62. The lowest BCUT2D eigenvalue weighted by Gasteiger charge is -2.21. The average Bonchev–Trinajstić information content (AvgIpc) is 3.63. The molecule has 168 valence electrons. The number of H-pyrrole nitrogens is 1. The lowest BCUT2D eigenvalue weighted by atomic mass is 10.1. The highest BCUT2D eigenvalue weighted by molar-refractivity contribution is 6.14. The number of nitrogens with one attached hydrogen (secondary N) is 3. The largest absolute Gasteiger partial charge is 0.421 e. The number of ether oxygens (including phenoxy) is 1. The number of aromatic amines is 1. The van der Waals surface area contributed by atoms with Gasteiger partial charge in [0.25, 0.3) is 0 Å². The van der Waals surface area contributed by atoms with E-state index in [2.05, 4.69) is 36.6 Å². The van der Waals surface area contributed by atoms with Crippen LogP contribution in [-0.2, 0) is 0 Å². The summed E-state index contributed by atoms with van der Waals surface area (Å²) in [4.78, 5) is 24.1. The summed E-state index contributed by atoms with van der Waals surface area (Å²) >= 11 is 0. The maximum atomic E-state index is 6.19. The van der Waals surface area contributed by atoms with Crippen molar-refractivity contribution in [3.05, 3.63) is 30.6 Å². The number of aromatic nitrogens is 5. The molecule has 1 saturated heterocycles. The molecule has 10 heteroatoms. The van der Waals surface area contributed by atoms with E-state index in [1.807, 2.05) is 19.2 Å². The van der Waals surface area contributed by atoms with Crippen LogP contribution >= 0.6 is 0 Å². The van der Waals surface area contributed by atoms with Crippen LogP contribution in [0, 0.1) is 11.8 Å². The molecule has 3 aromatic heterocycles. The molecule has 0 amide bonds. The Morgan fingerprint density at radius 1 is 1.12 bits per heavy atom. The van der Waals surface area contributed by atoms with Gasteiger partial charge in [-0.1, -0.05) is 12.1 Å². The Morgan fingerprint density at radius 3 is 2.64 bits per heavy atom. The molecule has 3 aliphatic rings. The van der Waals surface area contributed by atoms with E-state index in [0.717, 1.165) is 46.5 Å². The second-order valence-corrected chi connectivity index (χ2v) is 9.23. The Kier molecular flexibility index (Phi) is 3.95. The smallest absolute Gasteiger partial charge is 0.326 e. The number of hydrogen-bond acceptors (Lipinski definition) is 9. The first-order chi connectivity index (χ1) is 16.2. The van der Waals surface area contributed by atoms with Gasteiger partial charge in [-0.2, -0.15) is 9.97 Å². The first kappa shape index (κ1) is 18.9. The minimum absolute atomic E-state index is 0.270. The Morgan fingerprint density at radius 2 is 1.91 bits per heavy atom. The van der Waals surface area contributed by atoms with Crippen molar-refractivity contribution in [3.63, 3.8) is 0 Å². The highest BCUT2D eigenvalue weighted by Gasteiger charge is 2.54. The molecule has 33 heavy (non-hydrogen) atoms. The van der Waals surface area contributed by atoms with Gasteiger partial charge in [-0.3, -0.25) is 0 Å². The molecular weight excluding hydrogens is 418 g/mol. The van der Waals surface area contributed by atoms with Crippen LogP contribution in [0.15, 0.2) is 30.6 Å². The number of nitrogens with two attached hydrogens (primary N) is 1. The van der Waals surface area contributed by atoms with E-state index in [1.54, 1.807) is 12.4 Å². The number of anilines is 3. The van der Waals surface area contributed by atoms with Crippen LogP contribution < -0.4 is 26.0 Å². The van der Waals surface area contributed by atoms with Crippen molar-refractivity contribution in [1.82, 2.24) is 24.9 Å². The summed E-state index contributed by atoms with van der Waals surface area (Å²) in [5.74, 6) is 3.07. The Bertz CT molecular complexity index is 1350. The maximum Gasteiger partial charge on any atom is 0.326 e. The molecule has 0 radical (unpaired) electrons. The van der Waals surface area contributed by atoms with Gasteiger partial charge in [-0.25, -0.2) is 9.97 Å². The van der Waals surface area contributed by atoms with Crippen LogP contribution in [0.3, 0.4) is 0 Å². The molecule has 3 fully saturated rings. The Hall–Kier alpha value is -3.66. The fourth-order valence-electron chi connectivity index (χ4n) is 4.97. The molecule has 0 bridgehead atoms. The van der Waals surface area contributed by atoms with Gasteiger partial charge in [0.15, 0.2) is 5.75 Å². The number of rotatable bonds is 6. The van der Waals surface area contributed by atoms with Gasteiger partial charge < -0.3 is 31.0 Å². The van der Waals surface area contributed by atoms with Crippen molar-refractivity contribution in [2.45, 2.75) is 24.9 Å². The predicted molar refractivity (Wildman–Crippen MR) is 127 cm³/mol. The van der Waals surface area contributed by atoms with Crippen molar-refractivity contribution in [3.8, 4) is 11.8 Å². The molecule has 2 saturated carbocycles. The fourth-order valence-corrected chi connectivity index (χ4v) is 4.97. The maximum absolute atomic E-state index is 6.19. The lowest BCUT2D eigenvalue weighted by Crippen LogP contribution is -2.29.